The molecule has 2 heterocycles. The first-order chi connectivity index (χ1) is 13.2. The minimum Gasteiger partial charge on any atom is -0.336 e. The number of alkyl halides is 3. The van der Waals surface area contributed by atoms with Gasteiger partial charge in [0, 0.05) is 31.4 Å². The quantitative estimate of drug-likeness (QED) is 0.785. The van der Waals surface area contributed by atoms with Crippen LogP contribution in [-0.2, 0) is 6.18 Å². The predicted octanol–water partition coefficient (Wildman–Crippen LogP) is 2.34. The van der Waals surface area contributed by atoms with E-state index in [1.165, 1.54) is 22.9 Å². The summed E-state index contributed by atoms with van der Waals surface area (Å²) < 4.78 is 40.3. The van der Waals surface area contributed by atoms with Gasteiger partial charge < -0.3 is 9.80 Å². The fraction of sp³-hybridized carbons (Fsp3) is 0.421. The predicted molar refractivity (Wildman–Crippen MR) is 97.6 cm³/mol. The van der Waals surface area contributed by atoms with Gasteiger partial charge in [-0.15, -0.1) is 0 Å². The molecule has 6 nitrogen and oxygen atoms in total. The molecule has 2 aromatic rings. The highest BCUT2D eigenvalue weighted by Crippen LogP contribution is 2.30. The van der Waals surface area contributed by atoms with Crippen LogP contribution in [-0.4, -0.2) is 58.7 Å². The molecule has 9 heteroatoms. The Morgan fingerprint density at radius 1 is 1.11 bits per heavy atom. The van der Waals surface area contributed by atoms with E-state index in [9.17, 15) is 22.8 Å². The molecule has 0 atom stereocenters. The number of amides is 1. The first-order valence-electron chi connectivity index (χ1n) is 8.93. The summed E-state index contributed by atoms with van der Waals surface area (Å²) in [7, 11) is 1.96. The first-order valence-corrected chi connectivity index (χ1v) is 8.93. The summed E-state index contributed by atoms with van der Waals surface area (Å²) in [5.74, 6) is -0.499. The maximum absolute atomic E-state index is 13.0. The average molecular weight is 394 g/mol. The van der Waals surface area contributed by atoms with E-state index < -0.39 is 23.1 Å². The lowest BCUT2D eigenvalue weighted by Gasteiger charge is -2.20. The highest BCUT2D eigenvalue weighted by Gasteiger charge is 2.31. The van der Waals surface area contributed by atoms with Gasteiger partial charge in [0.25, 0.3) is 5.91 Å². The monoisotopic (exact) mass is 394 g/mol. The zero-order valence-corrected chi connectivity index (χ0v) is 15.7. The number of halogens is 3. The largest absolute Gasteiger partial charge is 0.416 e. The number of likely N-dealkylation sites (N-methyl/N-ethyl adjacent to an activating group) is 1. The van der Waals surface area contributed by atoms with Gasteiger partial charge in [0.05, 0.1) is 11.3 Å². The standard InChI is InChI=1S/C19H21F3N4O2/c1-13-11-16(27)17(18(28)25-8-4-7-24(2)9-10-25)23-26(13)15-6-3-5-14(12-15)19(20,21)22/h3,5-6,11-12H,4,7-10H2,1-2H3. The summed E-state index contributed by atoms with van der Waals surface area (Å²) in [6, 6.07) is 5.85. The molecule has 1 saturated heterocycles. The van der Waals surface area contributed by atoms with E-state index in [-0.39, 0.29) is 11.4 Å². The van der Waals surface area contributed by atoms with Gasteiger partial charge in [-0.05, 0) is 45.1 Å². The van der Waals surface area contributed by atoms with Crippen molar-refractivity contribution in [2.45, 2.75) is 19.5 Å². The lowest BCUT2D eigenvalue weighted by molar-refractivity contribution is -0.137. The van der Waals surface area contributed by atoms with Crippen molar-refractivity contribution in [3.05, 3.63) is 57.5 Å². The second kappa shape index (κ2) is 7.75. The van der Waals surface area contributed by atoms with E-state index in [0.717, 1.165) is 25.1 Å². The van der Waals surface area contributed by atoms with Crippen LogP contribution in [0.25, 0.3) is 5.69 Å². The van der Waals surface area contributed by atoms with Crippen LogP contribution in [0.15, 0.2) is 35.1 Å². The van der Waals surface area contributed by atoms with E-state index >= 15 is 0 Å². The molecule has 3 rings (SSSR count). The zero-order valence-electron chi connectivity index (χ0n) is 15.7. The summed E-state index contributed by atoms with van der Waals surface area (Å²) in [5, 5.41) is 4.12. The second-order valence-electron chi connectivity index (χ2n) is 6.91. The van der Waals surface area contributed by atoms with Crippen LogP contribution in [0.1, 0.15) is 28.2 Å². The SMILES string of the molecule is Cc1cc(=O)c(C(=O)N2CCCN(C)CC2)nn1-c1cccc(C(F)(F)F)c1. The molecule has 0 saturated carbocycles. The van der Waals surface area contributed by atoms with Crippen LogP contribution in [0.3, 0.4) is 0 Å². The number of carbonyl (C=O) groups excluding carboxylic acids is 1. The topological polar surface area (TPSA) is 58.4 Å². The third-order valence-electron chi connectivity index (χ3n) is 4.73. The molecule has 1 aliphatic rings. The highest BCUT2D eigenvalue weighted by molar-refractivity contribution is 5.92. The molecular weight excluding hydrogens is 373 g/mol. The Bertz CT molecular complexity index is 940. The fourth-order valence-electron chi connectivity index (χ4n) is 3.17. The van der Waals surface area contributed by atoms with Crippen LogP contribution >= 0.6 is 0 Å². The van der Waals surface area contributed by atoms with Crippen molar-refractivity contribution in [1.29, 1.82) is 0 Å². The van der Waals surface area contributed by atoms with Gasteiger partial charge >= 0.3 is 6.18 Å². The van der Waals surface area contributed by atoms with Gasteiger partial charge in [0.1, 0.15) is 0 Å². The van der Waals surface area contributed by atoms with Gasteiger partial charge in [-0.2, -0.15) is 18.3 Å². The Hall–Kier alpha value is -2.68. The van der Waals surface area contributed by atoms with E-state index in [0.29, 0.717) is 25.3 Å². The van der Waals surface area contributed by atoms with Crippen LogP contribution in [0, 0.1) is 6.92 Å². The number of benzene rings is 1. The maximum Gasteiger partial charge on any atom is 0.416 e. The summed E-state index contributed by atoms with van der Waals surface area (Å²) in [6.45, 7) is 4.05. The van der Waals surface area contributed by atoms with Crippen LogP contribution < -0.4 is 5.43 Å². The summed E-state index contributed by atoms with van der Waals surface area (Å²) in [4.78, 5) is 28.9. The molecule has 0 aliphatic carbocycles. The zero-order chi connectivity index (χ0) is 20.5. The van der Waals surface area contributed by atoms with Crippen molar-refractivity contribution in [1.82, 2.24) is 19.6 Å². The third kappa shape index (κ3) is 4.24. The van der Waals surface area contributed by atoms with Crippen LogP contribution in [0.2, 0.25) is 0 Å². The number of rotatable bonds is 2. The molecule has 0 spiro atoms. The fourth-order valence-corrected chi connectivity index (χ4v) is 3.17. The first kappa shape index (κ1) is 20.1. The van der Waals surface area contributed by atoms with Crippen LogP contribution in [0.4, 0.5) is 13.2 Å². The Morgan fingerprint density at radius 2 is 1.86 bits per heavy atom. The van der Waals surface area contributed by atoms with Crippen molar-refractivity contribution in [2.75, 3.05) is 33.2 Å². The van der Waals surface area contributed by atoms with Gasteiger partial charge in [-0.3, -0.25) is 9.59 Å². The summed E-state index contributed by atoms with van der Waals surface area (Å²) in [5.41, 5.74) is -1.17. The van der Waals surface area contributed by atoms with Crippen molar-refractivity contribution < 1.29 is 18.0 Å². The minimum absolute atomic E-state index is 0.136. The van der Waals surface area contributed by atoms with Crippen molar-refractivity contribution >= 4 is 5.91 Å². The Balaban J connectivity index is 2.00. The van der Waals surface area contributed by atoms with Gasteiger partial charge in [-0.25, -0.2) is 4.68 Å². The van der Waals surface area contributed by atoms with Crippen LogP contribution in [0.5, 0.6) is 0 Å². The minimum atomic E-state index is -4.50. The van der Waals surface area contributed by atoms with Gasteiger partial charge in [-0.1, -0.05) is 6.07 Å². The molecule has 28 heavy (non-hydrogen) atoms. The third-order valence-corrected chi connectivity index (χ3v) is 4.73. The van der Waals surface area contributed by atoms with E-state index in [1.54, 1.807) is 11.8 Å². The second-order valence-corrected chi connectivity index (χ2v) is 6.91. The Kier molecular flexibility index (Phi) is 5.55. The van der Waals surface area contributed by atoms with Gasteiger partial charge in [0.15, 0.2) is 5.69 Å². The number of aromatic nitrogens is 2. The lowest BCUT2D eigenvalue weighted by Crippen LogP contribution is -2.38. The number of carbonyl (C=O) groups is 1. The number of hydrogen-bond donors (Lipinski definition) is 0. The molecule has 0 radical (unpaired) electrons. The van der Waals surface area contributed by atoms with Crippen molar-refractivity contribution in [3.8, 4) is 5.69 Å². The normalized spacial score (nSPS) is 16.1. The molecule has 1 aromatic carbocycles. The molecule has 0 N–H and O–H groups in total. The number of nitrogens with zero attached hydrogens (tertiary/aromatic N) is 4. The number of aryl methyl sites for hydroxylation is 1. The average Bonchev–Trinajstić information content (AvgIpc) is 2.85. The molecule has 1 aromatic heterocycles. The smallest absolute Gasteiger partial charge is 0.336 e. The molecule has 150 valence electrons. The highest BCUT2D eigenvalue weighted by atomic mass is 19.4. The van der Waals surface area contributed by atoms with Gasteiger partial charge in [0.2, 0.25) is 5.43 Å². The van der Waals surface area contributed by atoms with E-state index in [1.807, 2.05) is 7.05 Å². The molecule has 1 aliphatic heterocycles. The Morgan fingerprint density at radius 3 is 2.57 bits per heavy atom. The Labute approximate surface area is 160 Å². The molecular formula is C19H21F3N4O2. The molecule has 0 bridgehead atoms. The summed E-state index contributed by atoms with van der Waals surface area (Å²) >= 11 is 0. The molecule has 1 fully saturated rings. The van der Waals surface area contributed by atoms with E-state index in [2.05, 4.69) is 10.00 Å². The number of hydrogen-bond acceptors (Lipinski definition) is 4. The van der Waals surface area contributed by atoms with Crippen molar-refractivity contribution in [3.63, 3.8) is 0 Å². The molecule has 0 unspecified atom stereocenters. The maximum atomic E-state index is 13.0. The molecule has 1 amide bonds. The lowest BCUT2D eigenvalue weighted by atomic mass is 10.2. The van der Waals surface area contributed by atoms with E-state index in [4.69, 9.17) is 0 Å². The summed E-state index contributed by atoms with van der Waals surface area (Å²) in [6.07, 6.45) is -3.73. The van der Waals surface area contributed by atoms with Crippen molar-refractivity contribution in [2.24, 2.45) is 0 Å².